The molecule has 18 heavy (non-hydrogen) atoms. The zero-order valence-corrected chi connectivity index (χ0v) is 9.37. The zero-order valence-electron chi connectivity index (χ0n) is 9.37. The number of hydrogen-bond acceptors (Lipinski definition) is 5. The smallest absolute Gasteiger partial charge is 0.255 e. The molecule has 6 heteroatoms. The number of amides is 1. The first-order valence-electron chi connectivity index (χ1n) is 5.22. The van der Waals surface area contributed by atoms with Crippen LogP contribution in [0, 0.1) is 0 Å². The number of rotatable bonds is 3. The van der Waals surface area contributed by atoms with Crippen molar-refractivity contribution in [2.75, 3.05) is 0 Å². The molecule has 6 nitrogen and oxygen atoms in total. The van der Waals surface area contributed by atoms with Gasteiger partial charge in [0.05, 0.1) is 17.8 Å². The molecule has 2 aromatic rings. The Hall–Kier alpha value is -2.63. The molecule has 1 aromatic heterocycles. The van der Waals surface area contributed by atoms with E-state index in [2.05, 4.69) is 15.3 Å². The lowest BCUT2D eigenvalue weighted by Crippen LogP contribution is -2.23. The van der Waals surface area contributed by atoms with E-state index in [4.69, 9.17) is 0 Å². The standard InChI is InChI=1S/C12H11N3O3/c16-9-1-2-11(17)10(5-9)12(18)14-6-8-3-4-13-7-15-8/h1-5,7,16-17H,6H2,(H,14,18). The van der Waals surface area contributed by atoms with Gasteiger partial charge in [-0.25, -0.2) is 9.97 Å². The van der Waals surface area contributed by atoms with Crippen LogP contribution in [0.15, 0.2) is 36.8 Å². The molecule has 0 saturated carbocycles. The molecule has 1 aromatic carbocycles. The van der Waals surface area contributed by atoms with Crippen LogP contribution in [-0.2, 0) is 6.54 Å². The van der Waals surface area contributed by atoms with Crippen molar-refractivity contribution < 1.29 is 15.0 Å². The number of phenolic OH excluding ortho intramolecular Hbond substituents is 2. The first kappa shape index (κ1) is 11.8. The van der Waals surface area contributed by atoms with Gasteiger partial charge in [-0.2, -0.15) is 0 Å². The highest BCUT2D eigenvalue weighted by atomic mass is 16.3. The first-order valence-corrected chi connectivity index (χ1v) is 5.22. The number of carbonyl (C=O) groups excluding carboxylic acids is 1. The second-order valence-electron chi connectivity index (χ2n) is 3.58. The predicted molar refractivity (Wildman–Crippen MR) is 63.0 cm³/mol. The van der Waals surface area contributed by atoms with Crippen LogP contribution in [0.2, 0.25) is 0 Å². The number of benzene rings is 1. The minimum absolute atomic E-state index is 0.0176. The van der Waals surface area contributed by atoms with Gasteiger partial charge in [0.2, 0.25) is 0 Å². The van der Waals surface area contributed by atoms with Crippen LogP contribution in [0.25, 0.3) is 0 Å². The second kappa shape index (κ2) is 5.13. The Kier molecular flexibility index (Phi) is 3.38. The van der Waals surface area contributed by atoms with Crippen molar-refractivity contribution in [2.24, 2.45) is 0 Å². The van der Waals surface area contributed by atoms with E-state index in [1.54, 1.807) is 12.3 Å². The summed E-state index contributed by atoms with van der Waals surface area (Å²) >= 11 is 0. The van der Waals surface area contributed by atoms with Crippen LogP contribution in [0.5, 0.6) is 11.5 Å². The third-order valence-electron chi connectivity index (χ3n) is 2.30. The summed E-state index contributed by atoms with van der Waals surface area (Å²) in [4.78, 5) is 19.5. The minimum atomic E-state index is -0.484. The Morgan fingerprint density at radius 2 is 2.11 bits per heavy atom. The van der Waals surface area contributed by atoms with Gasteiger partial charge in [-0.15, -0.1) is 0 Å². The third-order valence-corrected chi connectivity index (χ3v) is 2.30. The molecule has 0 atom stereocenters. The summed E-state index contributed by atoms with van der Waals surface area (Å²) < 4.78 is 0. The summed E-state index contributed by atoms with van der Waals surface area (Å²) in [7, 11) is 0. The van der Waals surface area contributed by atoms with Gasteiger partial charge in [-0.1, -0.05) is 0 Å². The van der Waals surface area contributed by atoms with Crippen molar-refractivity contribution in [1.29, 1.82) is 0 Å². The highest BCUT2D eigenvalue weighted by Crippen LogP contribution is 2.21. The zero-order chi connectivity index (χ0) is 13.0. The SMILES string of the molecule is O=C(NCc1ccncn1)c1cc(O)ccc1O. The largest absolute Gasteiger partial charge is 0.508 e. The average Bonchev–Trinajstić information content (AvgIpc) is 2.40. The monoisotopic (exact) mass is 245 g/mol. The van der Waals surface area contributed by atoms with Crippen molar-refractivity contribution in [2.45, 2.75) is 6.54 Å². The number of carbonyl (C=O) groups is 1. The van der Waals surface area contributed by atoms with Crippen LogP contribution in [-0.4, -0.2) is 26.1 Å². The molecule has 0 aliphatic heterocycles. The van der Waals surface area contributed by atoms with Crippen molar-refractivity contribution in [1.82, 2.24) is 15.3 Å². The van der Waals surface area contributed by atoms with E-state index in [0.29, 0.717) is 5.69 Å². The molecule has 1 amide bonds. The van der Waals surface area contributed by atoms with Crippen molar-refractivity contribution in [3.63, 3.8) is 0 Å². The number of aromatic hydroxyl groups is 2. The summed E-state index contributed by atoms with van der Waals surface area (Å²) in [5, 5.41) is 21.3. The fraction of sp³-hybridized carbons (Fsp3) is 0.0833. The lowest BCUT2D eigenvalue weighted by Gasteiger charge is -2.06. The van der Waals surface area contributed by atoms with E-state index in [0.717, 1.165) is 0 Å². The van der Waals surface area contributed by atoms with Gasteiger partial charge in [0.25, 0.3) is 5.91 Å². The van der Waals surface area contributed by atoms with Crippen molar-refractivity contribution >= 4 is 5.91 Å². The van der Waals surface area contributed by atoms with E-state index < -0.39 is 5.91 Å². The van der Waals surface area contributed by atoms with Gasteiger partial charge in [-0.05, 0) is 24.3 Å². The summed E-state index contributed by atoms with van der Waals surface area (Å²) in [6, 6.07) is 5.43. The predicted octanol–water partition coefficient (Wildman–Crippen LogP) is 0.818. The van der Waals surface area contributed by atoms with E-state index >= 15 is 0 Å². The Balaban J connectivity index is 2.06. The quantitative estimate of drug-likeness (QED) is 0.696. The van der Waals surface area contributed by atoms with Gasteiger partial charge >= 0.3 is 0 Å². The number of phenols is 2. The van der Waals surface area contributed by atoms with Crippen LogP contribution >= 0.6 is 0 Å². The normalized spacial score (nSPS) is 10.0. The topological polar surface area (TPSA) is 95.3 Å². The second-order valence-corrected chi connectivity index (χ2v) is 3.58. The highest BCUT2D eigenvalue weighted by Gasteiger charge is 2.11. The van der Waals surface area contributed by atoms with Gasteiger partial charge in [0.15, 0.2) is 0 Å². The number of nitrogens with one attached hydrogen (secondary N) is 1. The summed E-state index contributed by atoms with van der Waals surface area (Å²) in [5.74, 6) is -0.755. The lowest BCUT2D eigenvalue weighted by atomic mass is 10.1. The molecule has 3 N–H and O–H groups in total. The van der Waals surface area contributed by atoms with E-state index in [1.807, 2.05) is 0 Å². The summed E-state index contributed by atoms with van der Waals surface area (Å²) in [5.41, 5.74) is 0.669. The molecule has 0 aliphatic carbocycles. The highest BCUT2D eigenvalue weighted by molar-refractivity contribution is 5.97. The van der Waals surface area contributed by atoms with Gasteiger partial charge in [0.1, 0.15) is 17.8 Å². The maximum absolute atomic E-state index is 11.8. The van der Waals surface area contributed by atoms with Crippen LogP contribution in [0.3, 0.4) is 0 Å². The Morgan fingerprint density at radius 3 is 2.83 bits per heavy atom. The maximum atomic E-state index is 11.8. The average molecular weight is 245 g/mol. The van der Waals surface area contributed by atoms with E-state index in [1.165, 1.54) is 24.5 Å². The Morgan fingerprint density at radius 1 is 1.28 bits per heavy atom. The number of nitrogens with zero attached hydrogens (tertiary/aromatic N) is 2. The van der Waals surface area contributed by atoms with Crippen molar-refractivity contribution in [3.05, 3.63) is 48.0 Å². The molecule has 0 spiro atoms. The van der Waals surface area contributed by atoms with Gasteiger partial charge < -0.3 is 15.5 Å². The van der Waals surface area contributed by atoms with Crippen LogP contribution in [0.4, 0.5) is 0 Å². The first-order chi connectivity index (χ1) is 8.66. The molecular formula is C12H11N3O3. The van der Waals surface area contributed by atoms with Crippen molar-refractivity contribution in [3.8, 4) is 11.5 Å². The summed E-state index contributed by atoms with van der Waals surface area (Å²) in [6.07, 6.45) is 2.95. The van der Waals surface area contributed by atoms with Gasteiger partial charge in [-0.3, -0.25) is 4.79 Å². The van der Waals surface area contributed by atoms with E-state index in [-0.39, 0.29) is 23.6 Å². The number of aromatic nitrogens is 2. The minimum Gasteiger partial charge on any atom is -0.508 e. The molecule has 92 valence electrons. The number of hydrogen-bond donors (Lipinski definition) is 3. The van der Waals surface area contributed by atoms with Gasteiger partial charge in [0, 0.05) is 6.20 Å². The molecule has 0 saturated heterocycles. The maximum Gasteiger partial charge on any atom is 0.255 e. The molecule has 0 bridgehead atoms. The molecular weight excluding hydrogens is 234 g/mol. The molecule has 0 aliphatic rings. The Bertz CT molecular complexity index is 558. The lowest BCUT2D eigenvalue weighted by molar-refractivity contribution is 0.0947. The summed E-state index contributed by atoms with van der Waals surface area (Å²) in [6.45, 7) is 0.219. The fourth-order valence-corrected chi connectivity index (χ4v) is 1.39. The fourth-order valence-electron chi connectivity index (χ4n) is 1.39. The third kappa shape index (κ3) is 2.73. The molecule has 0 fully saturated rings. The van der Waals surface area contributed by atoms with E-state index in [9.17, 15) is 15.0 Å². The van der Waals surface area contributed by atoms with Crippen LogP contribution < -0.4 is 5.32 Å². The molecule has 1 heterocycles. The molecule has 0 unspecified atom stereocenters. The molecule has 2 rings (SSSR count). The Labute approximate surface area is 103 Å². The van der Waals surface area contributed by atoms with Crippen LogP contribution in [0.1, 0.15) is 16.1 Å². The molecule has 0 radical (unpaired) electrons.